The van der Waals surface area contributed by atoms with Gasteiger partial charge in [0, 0.05) is 25.2 Å². The minimum atomic E-state index is -0.898. The van der Waals surface area contributed by atoms with Gasteiger partial charge in [0.15, 0.2) is 0 Å². The predicted molar refractivity (Wildman–Crippen MR) is 82.3 cm³/mol. The van der Waals surface area contributed by atoms with Gasteiger partial charge in [-0.15, -0.1) is 0 Å². The van der Waals surface area contributed by atoms with Crippen molar-refractivity contribution in [1.82, 2.24) is 10.2 Å². The number of nitrogens with one attached hydrogen (secondary N) is 1. The summed E-state index contributed by atoms with van der Waals surface area (Å²) in [4.78, 5) is 24.5. The molecule has 1 aromatic carbocycles. The molecule has 2 amide bonds. The second kappa shape index (κ2) is 7.88. The fourth-order valence-corrected chi connectivity index (χ4v) is 2.00. The van der Waals surface area contributed by atoms with Crippen molar-refractivity contribution in [3.05, 3.63) is 34.9 Å². The Balaban J connectivity index is 2.51. The summed E-state index contributed by atoms with van der Waals surface area (Å²) in [6.07, 6.45) is 0. The molecule has 0 radical (unpaired) electrons. The predicted octanol–water partition coefficient (Wildman–Crippen LogP) is 2.84. The molecule has 5 nitrogen and oxygen atoms in total. The van der Waals surface area contributed by atoms with Crippen LogP contribution in [0, 0.1) is 11.8 Å². The van der Waals surface area contributed by atoms with Gasteiger partial charge in [-0.3, -0.25) is 4.79 Å². The number of hydrogen-bond donors (Lipinski definition) is 2. The highest BCUT2D eigenvalue weighted by Gasteiger charge is 2.22. The molecule has 21 heavy (non-hydrogen) atoms. The maximum absolute atomic E-state index is 12.0. The number of benzene rings is 1. The number of nitrogens with zero attached hydrogens (tertiary/aromatic N) is 1. The lowest BCUT2D eigenvalue weighted by atomic mass is 9.96. The van der Waals surface area contributed by atoms with Crippen molar-refractivity contribution < 1.29 is 14.7 Å². The molecule has 2 N–H and O–H groups in total. The van der Waals surface area contributed by atoms with Crippen molar-refractivity contribution in [3.63, 3.8) is 0 Å². The molecule has 0 aliphatic carbocycles. The van der Waals surface area contributed by atoms with Crippen LogP contribution in [-0.2, 0) is 11.3 Å². The van der Waals surface area contributed by atoms with E-state index in [4.69, 9.17) is 16.7 Å². The number of halogens is 1. The molecule has 6 heteroatoms. The van der Waals surface area contributed by atoms with Crippen LogP contribution in [0.4, 0.5) is 4.79 Å². The molecule has 1 rings (SSSR count). The number of carboxylic acid groups (broad SMARTS) is 1. The molecular formula is C15H21ClN2O3. The van der Waals surface area contributed by atoms with Crippen molar-refractivity contribution in [2.75, 3.05) is 13.6 Å². The van der Waals surface area contributed by atoms with Gasteiger partial charge >= 0.3 is 12.0 Å². The average molecular weight is 313 g/mol. The molecule has 0 heterocycles. The topological polar surface area (TPSA) is 69.6 Å². The summed E-state index contributed by atoms with van der Waals surface area (Å²) in [5.74, 6) is -1.52. The third-order valence-corrected chi connectivity index (χ3v) is 3.53. The number of carbonyl (C=O) groups excluding carboxylic acids is 1. The largest absolute Gasteiger partial charge is 0.481 e. The first-order chi connectivity index (χ1) is 9.81. The van der Waals surface area contributed by atoms with Crippen LogP contribution < -0.4 is 5.32 Å². The Morgan fingerprint density at radius 2 is 1.86 bits per heavy atom. The molecule has 0 aliphatic rings. The summed E-state index contributed by atoms with van der Waals surface area (Å²) < 4.78 is 0. The summed E-state index contributed by atoms with van der Waals surface area (Å²) in [5.41, 5.74) is 0.954. The van der Waals surface area contributed by atoms with Crippen LogP contribution in [0.5, 0.6) is 0 Å². The van der Waals surface area contributed by atoms with E-state index in [1.165, 1.54) is 4.90 Å². The van der Waals surface area contributed by atoms with Crippen molar-refractivity contribution >= 4 is 23.6 Å². The van der Waals surface area contributed by atoms with E-state index >= 15 is 0 Å². The summed E-state index contributed by atoms with van der Waals surface area (Å²) in [5, 5.41) is 12.4. The van der Waals surface area contributed by atoms with Gasteiger partial charge in [-0.25, -0.2) is 4.79 Å². The highest BCUT2D eigenvalue weighted by molar-refractivity contribution is 6.30. The zero-order valence-electron chi connectivity index (χ0n) is 12.5. The number of amides is 2. The van der Waals surface area contributed by atoms with E-state index in [-0.39, 0.29) is 18.5 Å². The number of carbonyl (C=O) groups is 2. The summed E-state index contributed by atoms with van der Waals surface area (Å²) in [7, 11) is 1.66. The second-order valence-corrected chi connectivity index (χ2v) is 5.79. The third kappa shape index (κ3) is 5.63. The van der Waals surface area contributed by atoms with E-state index in [1.54, 1.807) is 19.2 Å². The molecule has 0 saturated heterocycles. The van der Waals surface area contributed by atoms with Crippen molar-refractivity contribution in [2.45, 2.75) is 20.4 Å². The summed E-state index contributed by atoms with van der Waals surface area (Å²) >= 11 is 5.81. The molecule has 116 valence electrons. The zero-order chi connectivity index (χ0) is 16.0. The summed E-state index contributed by atoms with van der Waals surface area (Å²) in [6.45, 7) is 4.20. The first-order valence-corrected chi connectivity index (χ1v) is 7.15. The quantitative estimate of drug-likeness (QED) is 0.848. The fraction of sp³-hybridized carbons (Fsp3) is 0.467. The Kier molecular flexibility index (Phi) is 6.49. The molecular weight excluding hydrogens is 292 g/mol. The van der Waals surface area contributed by atoms with Crippen LogP contribution in [0.2, 0.25) is 5.02 Å². The van der Waals surface area contributed by atoms with Crippen LogP contribution >= 0.6 is 11.6 Å². The standard InChI is InChI=1S/C15H21ClN2O3/c1-10(2)13(14(19)20)8-17-15(21)18(3)9-11-4-6-12(16)7-5-11/h4-7,10,13H,8-9H2,1-3H3,(H,17,21)(H,19,20). The Bertz CT molecular complexity index is 488. The van der Waals surface area contributed by atoms with Gasteiger partial charge in [0.2, 0.25) is 0 Å². The maximum atomic E-state index is 12.0. The zero-order valence-corrected chi connectivity index (χ0v) is 13.2. The fourth-order valence-electron chi connectivity index (χ4n) is 1.88. The SMILES string of the molecule is CC(C)C(CNC(=O)N(C)Cc1ccc(Cl)cc1)C(=O)O. The van der Waals surface area contributed by atoms with Crippen LogP contribution in [0.3, 0.4) is 0 Å². The Hall–Kier alpha value is -1.75. The van der Waals surface area contributed by atoms with Gasteiger partial charge in [-0.2, -0.15) is 0 Å². The van der Waals surface area contributed by atoms with Gasteiger partial charge in [-0.05, 0) is 23.6 Å². The first kappa shape index (κ1) is 17.3. The molecule has 0 saturated carbocycles. The smallest absolute Gasteiger partial charge is 0.317 e. The van der Waals surface area contributed by atoms with Crippen molar-refractivity contribution in [1.29, 1.82) is 0 Å². The Labute approximate surface area is 129 Å². The van der Waals surface area contributed by atoms with Gasteiger partial charge in [0.25, 0.3) is 0 Å². The molecule has 1 atom stereocenters. The molecule has 0 aliphatic heterocycles. The highest BCUT2D eigenvalue weighted by atomic mass is 35.5. The van der Waals surface area contributed by atoms with Crippen molar-refractivity contribution in [2.24, 2.45) is 11.8 Å². The molecule has 0 bridgehead atoms. The number of aliphatic carboxylic acids is 1. The van der Waals surface area contributed by atoms with E-state index in [9.17, 15) is 9.59 Å². The Morgan fingerprint density at radius 3 is 2.33 bits per heavy atom. The molecule has 1 unspecified atom stereocenters. The van der Waals surface area contributed by atoms with E-state index in [0.717, 1.165) is 5.56 Å². The van der Waals surface area contributed by atoms with Crippen LogP contribution in [0.25, 0.3) is 0 Å². The second-order valence-electron chi connectivity index (χ2n) is 5.36. The number of urea groups is 1. The van der Waals surface area contributed by atoms with Gasteiger partial charge in [0.1, 0.15) is 0 Å². The normalized spacial score (nSPS) is 12.0. The number of carboxylic acids is 1. The van der Waals surface area contributed by atoms with Crippen LogP contribution in [-0.4, -0.2) is 35.6 Å². The van der Waals surface area contributed by atoms with Crippen LogP contribution in [0.15, 0.2) is 24.3 Å². The lowest BCUT2D eigenvalue weighted by molar-refractivity contribution is -0.142. The monoisotopic (exact) mass is 312 g/mol. The van der Waals surface area contributed by atoms with Crippen molar-refractivity contribution in [3.8, 4) is 0 Å². The van der Waals surface area contributed by atoms with E-state index in [1.807, 2.05) is 26.0 Å². The van der Waals surface area contributed by atoms with E-state index < -0.39 is 11.9 Å². The maximum Gasteiger partial charge on any atom is 0.317 e. The molecule has 1 aromatic rings. The number of hydrogen-bond acceptors (Lipinski definition) is 2. The first-order valence-electron chi connectivity index (χ1n) is 6.77. The molecule has 0 aromatic heterocycles. The molecule has 0 spiro atoms. The minimum absolute atomic E-state index is 0.0376. The lowest BCUT2D eigenvalue weighted by Gasteiger charge is -2.21. The van der Waals surface area contributed by atoms with Gasteiger partial charge < -0.3 is 15.3 Å². The molecule has 0 fully saturated rings. The summed E-state index contributed by atoms with van der Waals surface area (Å²) in [6, 6.07) is 6.93. The third-order valence-electron chi connectivity index (χ3n) is 3.27. The van der Waals surface area contributed by atoms with Gasteiger partial charge in [0.05, 0.1) is 5.92 Å². The highest BCUT2D eigenvalue weighted by Crippen LogP contribution is 2.12. The minimum Gasteiger partial charge on any atom is -0.481 e. The van der Waals surface area contributed by atoms with E-state index in [0.29, 0.717) is 11.6 Å². The van der Waals surface area contributed by atoms with Gasteiger partial charge in [-0.1, -0.05) is 37.6 Å². The van der Waals surface area contributed by atoms with E-state index in [2.05, 4.69) is 5.32 Å². The Morgan fingerprint density at radius 1 is 1.29 bits per heavy atom. The number of rotatable bonds is 6. The van der Waals surface area contributed by atoms with Crippen LogP contribution in [0.1, 0.15) is 19.4 Å². The average Bonchev–Trinajstić information content (AvgIpc) is 2.40. The lowest BCUT2D eigenvalue weighted by Crippen LogP contribution is -2.41.